The van der Waals surface area contributed by atoms with Crippen LogP contribution in [0.5, 0.6) is 5.75 Å². The van der Waals surface area contributed by atoms with Gasteiger partial charge in [0.15, 0.2) is 12.4 Å². The predicted octanol–water partition coefficient (Wildman–Crippen LogP) is 5.57. The van der Waals surface area contributed by atoms with Crippen LogP contribution < -0.4 is 25.8 Å². The van der Waals surface area contributed by atoms with Crippen LogP contribution in [0.1, 0.15) is 39.0 Å². The molecule has 2 aliphatic heterocycles. The van der Waals surface area contributed by atoms with Gasteiger partial charge in [0.1, 0.15) is 5.02 Å². The number of hydrogen-bond acceptors (Lipinski definition) is 7. The highest BCUT2D eigenvalue weighted by Crippen LogP contribution is 2.45. The van der Waals surface area contributed by atoms with Crippen molar-refractivity contribution >= 4 is 45.6 Å². The summed E-state index contributed by atoms with van der Waals surface area (Å²) < 4.78 is 36.7. The molecule has 2 atom stereocenters. The number of halogens is 3. The molecule has 0 spiro atoms. The van der Waals surface area contributed by atoms with Crippen LogP contribution in [-0.4, -0.2) is 46.2 Å². The topological polar surface area (TPSA) is 84.3 Å². The third-order valence-corrected chi connectivity index (χ3v) is 8.07. The number of rotatable bonds is 4. The Labute approximate surface area is 224 Å². The van der Waals surface area contributed by atoms with Crippen LogP contribution in [0.2, 0.25) is 5.02 Å². The van der Waals surface area contributed by atoms with E-state index in [1.54, 1.807) is 19.3 Å². The number of aryl methyl sites for hydroxylation is 1. The zero-order chi connectivity index (χ0) is 26.6. The van der Waals surface area contributed by atoms with Crippen LogP contribution in [0.4, 0.5) is 31.9 Å². The van der Waals surface area contributed by atoms with Gasteiger partial charge in [-0.1, -0.05) is 24.9 Å². The quantitative estimate of drug-likeness (QED) is 0.444. The van der Waals surface area contributed by atoms with E-state index in [1.165, 1.54) is 17.4 Å². The van der Waals surface area contributed by atoms with E-state index in [2.05, 4.69) is 27.4 Å². The third kappa shape index (κ3) is 4.63. The Kier molecular flexibility index (Phi) is 6.32. The molecule has 1 aromatic carbocycles. The Balaban J connectivity index is 1.38. The molecule has 11 heteroatoms. The average molecular weight is 545 g/mol. The molecule has 6 rings (SSSR count). The minimum atomic E-state index is -3.09. The number of anilines is 4. The molecular formula is C27H31ClF2N6O2. The highest BCUT2D eigenvalue weighted by atomic mass is 35.5. The number of fused-ring (bicyclic) bond motifs is 3. The molecule has 3 aromatic rings. The molecule has 0 radical (unpaired) electrons. The van der Waals surface area contributed by atoms with Crippen LogP contribution in [0, 0.1) is 11.8 Å². The first-order chi connectivity index (χ1) is 18.2. The van der Waals surface area contributed by atoms with E-state index < -0.39 is 24.1 Å². The second-order valence-corrected chi connectivity index (χ2v) is 11.3. The lowest BCUT2D eigenvalue weighted by Crippen LogP contribution is -2.44. The van der Waals surface area contributed by atoms with E-state index in [0.29, 0.717) is 45.0 Å². The van der Waals surface area contributed by atoms with Gasteiger partial charge in [0.05, 0.1) is 23.4 Å². The third-order valence-electron chi connectivity index (χ3n) is 7.79. The second kappa shape index (κ2) is 9.55. The maximum atomic E-state index is 14.9. The van der Waals surface area contributed by atoms with Crippen molar-refractivity contribution in [1.29, 1.82) is 0 Å². The molecule has 8 nitrogen and oxygen atoms in total. The second-order valence-electron chi connectivity index (χ2n) is 10.8. The van der Waals surface area contributed by atoms with Gasteiger partial charge in [-0.3, -0.25) is 4.79 Å². The van der Waals surface area contributed by atoms with Crippen LogP contribution in [0.3, 0.4) is 0 Å². The molecule has 2 N–H and O–H groups in total. The van der Waals surface area contributed by atoms with E-state index in [0.717, 1.165) is 32.4 Å². The number of aromatic nitrogens is 3. The van der Waals surface area contributed by atoms with E-state index in [9.17, 15) is 13.6 Å². The van der Waals surface area contributed by atoms with Crippen molar-refractivity contribution in [3.63, 3.8) is 0 Å². The Bertz CT molecular complexity index is 1440. The number of nitrogens with one attached hydrogen (secondary N) is 2. The van der Waals surface area contributed by atoms with Gasteiger partial charge in [-0.05, 0) is 55.7 Å². The Hall–Kier alpha value is -3.14. The van der Waals surface area contributed by atoms with Crippen molar-refractivity contribution in [2.45, 2.75) is 51.0 Å². The summed E-state index contributed by atoms with van der Waals surface area (Å²) in [7, 11) is 1.61. The summed E-state index contributed by atoms with van der Waals surface area (Å²) in [6.45, 7) is 3.18. The maximum absolute atomic E-state index is 14.9. The van der Waals surface area contributed by atoms with E-state index >= 15 is 0 Å². The van der Waals surface area contributed by atoms with Gasteiger partial charge in [-0.25, -0.2) is 13.8 Å². The minimum Gasteiger partial charge on any atom is -0.480 e. The minimum absolute atomic E-state index is 0.0855. The van der Waals surface area contributed by atoms with Crippen molar-refractivity contribution in [2.24, 2.45) is 18.9 Å². The zero-order valence-electron chi connectivity index (χ0n) is 21.4. The molecule has 0 amide bonds. The van der Waals surface area contributed by atoms with Gasteiger partial charge >= 0.3 is 5.92 Å². The number of benzene rings is 1. The molecule has 1 saturated carbocycles. The lowest BCUT2D eigenvalue weighted by atomic mass is 10.0. The number of alkyl halides is 2. The van der Waals surface area contributed by atoms with Gasteiger partial charge in [0, 0.05) is 31.2 Å². The summed E-state index contributed by atoms with van der Waals surface area (Å²) >= 11 is 6.47. The Morgan fingerprint density at radius 2 is 2.05 bits per heavy atom. The molecular weight excluding hydrogens is 514 g/mol. The number of pyridine rings is 1. The highest BCUT2D eigenvalue weighted by Gasteiger charge is 2.51. The Morgan fingerprint density at radius 3 is 2.84 bits per heavy atom. The molecule has 38 heavy (non-hydrogen) atoms. The summed E-state index contributed by atoms with van der Waals surface area (Å²) in [6.07, 6.45) is 6.50. The van der Waals surface area contributed by atoms with Crippen molar-refractivity contribution in [3.05, 3.63) is 39.8 Å². The van der Waals surface area contributed by atoms with Crippen molar-refractivity contribution in [1.82, 2.24) is 14.5 Å². The predicted molar refractivity (Wildman–Crippen MR) is 145 cm³/mol. The van der Waals surface area contributed by atoms with Gasteiger partial charge in [0.25, 0.3) is 5.56 Å². The van der Waals surface area contributed by atoms with E-state index in [-0.39, 0.29) is 11.7 Å². The first-order valence-corrected chi connectivity index (χ1v) is 13.6. The number of ether oxygens (including phenoxy) is 1. The molecule has 2 aromatic heterocycles. The van der Waals surface area contributed by atoms with Crippen molar-refractivity contribution < 1.29 is 13.5 Å². The largest absolute Gasteiger partial charge is 0.480 e. The SMILES string of the molecule is C[C@@H]1CCCCN(c2ncc(Cl)c(Nc3ccc4c(c3)c3c(c(=O)n4C)OCC(F)(F)[C@H](C4CC4)N3)n2)C1. The fourth-order valence-electron chi connectivity index (χ4n) is 5.56. The first kappa shape index (κ1) is 25.2. The van der Waals surface area contributed by atoms with Crippen LogP contribution >= 0.6 is 11.6 Å². The molecule has 1 aliphatic carbocycles. The molecule has 0 bridgehead atoms. The fourth-order valence-corrected chi connectivity index (χ4v) is 5.69. The fraction of sp³-hybridized carbons (Fsp3) is 0.519. The summed E-state index contributed by atoms with van der Waals surface area (Å²) in [5, 5.41) is 7.25. The molecule has 1 saturated heterocycles. The first-order valence-electron chi connectivity index (χ1n) is 13.2. The van der Waals surface area contributed by atoms with Crippen molar-refractivity contribution in [3.8, 4) is 5.75 Å². The van der Waals surface area contributed by atoms with Crippen LogP contribution in [-0.2, 0) is 7.05 Å². The molecule has 3 aliphatic rings. The lowest BCUT2D eigenvalue weighted by Gasteiger charge is -2.25. The summed E-state index contributed by atoms with van der Waals surface area (Å²) in [5.74, 6) is -1.71. The maximum Gasteiger partial charge on any atom is 0.301 e. The van der Waals surface area contributed by atoms with Crippen LogP contribution in [0.25, 0.3) is 10.9 Å². The van der Waals surface area contributed by atoms with Crippen molar-refractivity contribution in [2.75, 3.05) is 35.2 Å². The zero-order valence-corrected chi connectivity index (χ0v) is 22.2. The molecule has 0 unspecified atom stereocenters. The number of nitrogens with zero attached hydrogens (tertiary/aromatic N) is 4. The van der Waals surface area contributed by atoms with E-state index in [4.69, 9.17) is 21.3 Å². The summed E-state index contributed by atoms with van der Waals surface area (Å²) in [5.41, 5.74) is 1.09. The highest BCUT2D eigenvalue weighted by molar-refractivity contribution is 6.32. The molecule has 2 fully saturated rings. The van der Waals surface area contributed by atoms with Gasteiger partial charge in [-0.2, -0.15) is 4.98 Å². The van der Waals surface area contributed by atoms with E-state index in [1.807, 2.05) is 12.1 Å². The van der Waals surface area contributed by atoms with Gasteiger partial charge in [0.2, 0.25) is 11.7 Å². The molecule has 202 valence electrons. The Morgan fingerprint density at radius 1 is 1.24 bits per heavy atom. The summed E-state index contributed by atoms with van der Waals surface area (Å²) in [6, 6.07) is 4.31. The van der Waals surface area contributed by atoms with Gasteiger partial charge in [-0.15, -0.1) is 0 Å². The number of hydrogen-bond donors (Lipinski definition) is 2. The molecule has 4 heterocycles. The lowest BCUT2D eigenvalue weighted by molar-refractivity contribution is -0.0579. The average Bonchev–Trinajstić information content (AvgIpc) is 3.74. The smallest absolute Gasteiger partial charge is 0.301 e. The van der Waals surface area contributed by atoms with Crippen LogP contribution in [0.15, 0.2) is 29.2 Å². The standard InChI is InChI=1S/C27H31ClF2N6O2/c1-15-5-3-4-10-36(13-15)26-31-12-19(28)24(34-26)32-17-8-9-20-18(11-17)21-22(25(37)35(20)2)38-14-27(29,30)23(33-21)16-6-7-16/h8-9,11-12,15-16,23,33H,3-7,10,13-14H2,1-2H3,(H,31,32,34)/t15-,23+/m1/s1. The monoisotopic (exact) mass is 544 g/mol. The van der Waals surface area contributed by atoms with Gasteiger partial charge < -0.3 is 24.8 Å². The normalized spacial score (nSPS) is 23.1. The summed E-state index contributed by atoms with van der Waals surface area (Å²) in [4.78, 5) is 24.4.